The second kappa shape index (κ2) is 9.87. The van der Waals surface area contributed by atoms with Gasteiger partial charge in [0.25, 0.3) is 0 Å². The molecule has 0 radical (unpaired) electrons. The monoisotopic (exact) mass is 468 g/mol. The molecule has 7 nitrogen and oxygen atoms in total. The molecule has 0 unspecified atom stereocenters. The zero-order chi connectivity index (χ0) is 26.0. The molecule has 34 heavy (non-hydrogen) atoms. The van der Waals surface area contributed by atoms with E-state index in [4.69, 9.17) is 9.47 Å². The summed E-state index contributed by atoms with van der Waals surface area (Å²) in [6.45, 7) is 18.3. The van der Waals surface area contributed by atoms with Crippen molar-refractivity contribution in [3.63, 3.8) is 0 Å². The molecule has 7 heteroatoms. The van der Waals surface area contributed by atoms with E-state index in [1.54, 1.807) is 12.2 Å². The molecule has 0 aliphatic rings. The Morgan fingerprint density at radius 1 is 0.618 bits per heavy atom. The molecule has 2 heterocycles. The van der Waals surface area contributed by atoms with Crippen molar-refractivity contribution in [2.24, 2.45) is 0 Å². The molecule has 2 rings (SSSR count). The van der Waals surface area contributed by atoms with E-state index >= 15 is 0 Å². The van der Waals surface area contributed by atoms with Crippen LogP contribution in [0.4, 0.5) is 0 Å². The van der Waals surface area contributed by atoms with Gasteiger partial charge in [0.05, 0.1) is 0 Å². The Labute approximate surface area is 201 Å². The summed E-state index contributed by atoms with van der Waals surface area (Å²) in [6.07, 6.45) is 6.13. The topological polar surface area (TPSA) is 101 Å². The molecule has 184 valence electrons. The largest absolute Gasteiger partial charge is 0.455 e. The van der Waals surface area contributed by atoms with Gasteiger partial charge in [-0.1, -0.05) is 0 Å². The maximum absolute atomic E-state index is 12.5. The van der Waals surface area contributed by atoms with E-state index in [1.807, 2.05) is 69.2 Å². The summed E-state index contributed by atoms with van der Waals surface area (Å²) < 4.78 is 10.9. The highest BCUT2D eigenvalue weighted by molar-refractivity contribution is 6.04. The number of aromatic nitrogens is 2. The number of esters is 2. The first-order valence-electron chi connectivity index (χ1n) is 11.3. The summed E-state index contributed by atoms with van der Waals surface area (Å²) in [7, 11) is 0. The van der Waals surface area contributed by atoms with Crippen LogP contribution in [0, 0.1) is 27.7 Å². The third kappa shape index (κ3) is 6.83. The van der Waals surface area contributed by atoms with Gasteiger partial charge in [-0.2, -0.15) is 0 Å². The van der Waals surface area contributed by atoms with Crippen molar-refractivity contribution < 1.29 is 23.9 Å². The molecule has 2 aromatic rings. The highest BCUT2D eigenvalue weighted by atomic mass is 16.6. The van der Waals surface area contributed by atoms with E-state index < -0.39 is 23.1 Å². The zero-order valence-corrected chi connectivity index (χ0v) is 21.9. The van der Waals surface area contributed by atoms with Crippen molar-refractivity contribution in [3.05, 3.63) is 57.2 Å². The van der Waals surface area contributed by atoms with E-state index in [0.717, 1.165) is 22.3 Å². The van der Waals surface area contributed by atoms with Gasteiger partial charge in [-0.3, -0.25) is 4.79 Å². The van der Waals surface area contributed by atoms with E-state index in [9.17, 15) is 14.4 Å². The lowest BCUT2D eigenvalue weighted by molar-refractivity contribution is -0.110. The minimum atomic E-state index is -0.600. The maximum Gasteiger partial charge on any atom is 0.355 e. The van der Waals surface area contributed by atoms with Gasteiger partial charge < -0.3 is 19.4 Å². The number of aromatic amines is 2. The number of rotatable bonds is 6. The van der Waals surface area contributed by atoms with Gasteiger partial charge in [0.2, 0.25) is 0 Å². The number of nitrogens with one attached hydrogen (secondary N) is 2. The van der Waals surface area contributed by atoms with Crippen LogP contribution < -0.4 is 0 Å². The van der Waals surface area contributed by atoms with Crippen molar-refractivity contribution in [2.75, 3.05) is 0 Å². The van der Waals surface area contributed by atoms with E-state index in [2.05, 4.69) is 9.97 Å². The van der Waals surface area contributed by atoms with E-state index in [0.29, 0.717) is 22.8 Å². The lowest BCUT2D eigenvalue weighted by atomic mass is 10.1. The number of carbonyl (C=O) groups is 3. The highest BCUT2D eigenvalue weighted by Gasteiger charge is 2.23. The van der Waals surface area contributed by atoms with Crippen LogP contribution in [-0.2, 0) is 14.3 Å². The Kier molecular flexibility index (Phi) is 7.81. The number of hydrogen-bond acceptors (Lipinski definition) is 5. The normalized spacial score (nSPS) is 12.5. The minimum Gasteiger partial charge on any atom is -0.455 e. The quantitative estimate of drug-likeness (QED) is 0.413. The van der Waals surface area contributed by atoms with Crippen LogP contribution in [0.25, 0.3) is 12.2 Å². The lowest BCUT2D eigenvalue weighted by Gasteiger charge is -2.19. The number of allylic oxidation sites excluding steroid dienone is 2. The number of ketones is 1. The number of ether oxygens (including phenoxy) is 2. The number of H-pyrrole nitrogens is 2. The van der Waals surface area contributed by atoms with Crippen molar-refractivity contribution in [1.29, 1.82) is 0 Å². The smallest absolute Gasteiger partial charge is 0.355 e. The summed E-state index contributed by atoms with van der Waals surface area (Å²) in [4.78, 5) is 43.4. The van der Waals surface area contributed by atoms with Gasteiger partial charge in [-0.05, 0) is 116 Å². The SMILES string of the molecule is Cc1c(C=CC(=O)C=Cc2[nH]c(C(=O)OC(C)(C)C)c(C)c2C)[nH]c(C(=O)OC(C)(C)C)c1C. The van der Waals surface area contributed by atoms with Gasteiger partial charge in [0.1, 0.15) is 22.6 Å². The Morgan fingerprint density at radius 3 is 1.24 bits per heavy atom. The molecule has 0 spiro atoms. The molecular formula is C27H36N2O5. The van der Waals surface area contributed by atoms with Crippen LogP contribution in [0.1, 0.15) is 96.2 Å². The molecule has 0 atom stereocenters. The van der Waals surface area contributed by atoms with Crippen molar-refractivity contribution in [1.82, 2.24) is 9.97 Å². The predicted octanol–water partition coefficient (Wildman–Crippen LogP) is 5.78. The molecule has 0 aliphatic heterocycles. The maximum atomic E-state index is 12.5. The van der Waals surface area contributed by atoms with Crippen LogP contribution >= 0.6 is 0 Å². The third-order valence-electron chi connectivity index (χ3n) is 5.24. The van der Waals surface area contributed by atoms with Gasteiger partial charge in [0.15, 0.2) is 5.78 Å². The van der Waals surface area contributed by atoms with Crippen LogP contribution in [0.15, 0.2) is 12.2 Å². The highest BCUT2D eigenvalue weighted by Crippen LogP contribution is 2.23. The Balaban J connectivity index is 2.18. The molecule has 0 amide bonds. The molecule has 0 saturated heterocycles. The standard InChI is InChI=1S/C27H36N2O5/c1-15-17(3)22(24(31)33-26(5,6)7)28-20(15)13-11-19(30)12-14-21-16(2)18(4)23(29-21)25(32)34-27(8,9)10/h11-14,28-29H,1-10H3. The van der Waals surface area contributed by atoms with Crippen molar-refractivity contribution in [3.8, 4) is 0 Å². The molecule has 0 saturated carbocycles. The molecule has 2 aromatic heterocycles. The van der Waals surface area contributed by atoms with Gasteiger partial charge >= 0.3 is 11.9 Å². The van der Waals surface area contributed by atoms with Gasteiger partial charge in [-0.15, -0.1) is 0 Å². The first kappa shape index (κ1) is 26.9. The molecule has 0 bridgehead atoms. The van der Waals surface area contributed by atoms with E-state index in [1.165, 1.54) is 12.2 Å². The predicted molar refractivity (Wildman–Crippen MR) is 134 cm³/mol. The summed E-state index contributed by atoms with van der Waals surface area (Å²) >= 11 is 0. The number of hydrogen-bond donors (Lipinski definition) is 2. The zero-order valence-electron chi connectivity index (χ0n) is 21.9. The van der Waals surface area contributed by atoms with Crippen LogP contribution in [0.5, 0.6) is 0 Å². The fourth-order valence-corrected chi connectivity index (χ4v) is 3.21. The fourth-order valence-electron chi connectivity index (χ4n) is 3.21. The fraction of sp³-hybridized carbons (Fsp3) is 0.444. The minimum absolute atomic E-state index is 0.240. The summed E-state index contributed by atoms with van der Waals surface area (Å²) in [5, 5.41) is 0. The summed E-state index contributed by atoms with van der Waals surface area (Å²) in [5.74, 6) is -1.11. The Hall–Kier alpha value is -3.35. The van der Waals surface area contributed by atoms with Crippen molar-refractivity contribution >= 4 is 29.9 Å². The second-order valence-electron chi connectivity index (χ2n) is 10.4. The first-order chi connectivity index (χ1) is 15.5. The van der Waals surface area contributed by atoms with Crippen LogP contribution in [0.3, 0.4) is 0 Å². The van der Waals surface area contributed by atoms with E-state index in [-0.39, 0.29) is 5.78 Å². The van der Waals surface area contributed by atoms with Gasteiger partial charge in [0, 0.05) is 11.4 Å². The number of carbonyl (C=O) groups excluding carboxylic acids is 3. The molecule has 0 aliphatic carbocycles. The second-order valence-corrected chi connectivity index (χ2v) is 10.4. The van der Waals surface area contributed by atoms with Crippen LogP contribution in [-0.4, -0.2) is 38.9 Å². The molecular weight excluding hydrogens is 432 g/mol. The van der Waals surface area contributed by atoms with Gasteiger partial charge in [-0.25, -0.2) is 9.59 Å². The summed E-state index contributed by atoms with van der Waals surface area (Å²) in [5.41, 5.74) is 4.18. The molecule has 2 N–H and O–H groups in total. The average molecular weight is 469 g/mol. The lowest BCUT2D eigenvalue weighted by Crippen LogP contribution is -2.24. The summed E-state index contributed by atoms with van der Waals surface area (Å²) in [6, 6.07) is 0. The third-order valence-corrected chi connectivity index (χ3v) is 5.24. The van der Waals surface area contributed by atoms with Crippen molar-refractivity contribution in [2.45, 2.75) is 80.4 Å². The Bertz CT molecular complexity index is 1070. The first-order valence-corrected chi connectivity index (χ1v) is 11.3. The van der Waals surface area contributed by atoms with Crippen LogP contribution in [0.2, 0.25) is 0 Å². The average Bonchev–Trinajstić information content (AvgIpc) is 3.13. The molecule has 0 aromatic carbocycles. The Morgan fingerprint density at radius 2 is 0.941 bits per heavy atom. The molecule has 0 fully saturated rings.